The van der Waals surface area contributed by atoms with E-state index in [2.05, 4.69) is 0 Å². The quantitative estimate of drug-likeness (QED) is 0.844. The largest absolute Gasteiger partial charge is 0.440 e. The topological polar surface area (TPSA) is 62.9 Å². The normalized spacial score (nSPS) is 12.5. The van der Waals surface area contributed by atoms with E-state index in [0.29, 0.717) is 0 Å². The van der Waals surface area contributed by atoms with Gasteiger partial charge in [-0.25, -0.2) is 0 Å². The number of rotatable bonds is 5. The number of halogens is 1. The van der Waals surface area contributed by atoms with Gasteiger partial charge in [0.2, 0.25) is 0 Å². The molecule has 1 atom stereocenters. The number of hydrogen-bond acceptors (Lipinski definition) is 4. The summed E-state index contributed by atoms with van der Waals surface area (Å²) < 4.78 is 9.73. The maximum atomic E-state index is 11.7. The van der Waals surface area contributed by atoms with Gasteiger partial charge in [-0.15, -0.1) is 0 Å². The fourth-order valence-electron chi connectivity index (χ4n) is 1.26. The molecule has 5 nitrogen and oxygen atoms in total. The first-order valence-electron chi connectivity index (χ1n) is 4.72. The van der Waals surface area contributed by atoms with Crippen molar-refractivity contribution >= 4 is 17.5 Å². The van der Waals surface area contributed by atoms with Crippen LogP contribution in [-0.2, 0) is 4.74 Å². The Morgan fingerprint density at radius 3 is 2.88 bits per heavy atom. The van der Waals surface area contributed by atoms with Gasteiger partial charge in [0.1, 0.15) is 0 Å². The predicted octanol–water partition coefficient (Wildman–Crippen LogP) is 1.01. The third-order valence-electron chi connectivity index (χ3n) is 1.97. The number of furan rings is 1. The molecule has 1 amide bonds. The zero-order chi connectivity index (χ0) is 12.1. The summed E-state index contributed by atoms with van der Waals surface area (Å²) in [4.78, 5) is 13.1. The van der Waals surface area contributed by atoms with Crippen LogP contribution < -0.4 is 0 Å². The van der Waals surface area contributed by atoms with Gasteiger partial charge in [0.05, 0.1) is 12.7 Å². The summed E-state index contributed by atoms with van der Waals surface area (Å²) >= 11 is 5.56. The Hall–Kier alpha value is -1.04. The second-order valence-corrected chi connectivity index (χ2v) is 3.77. The first kappa shape index (κ1) is 13.0. The number of carbonyl (C=O) groups excluding carboxylic acids is 1. The lowest BCUT2D eigenvalue weighted by molar-refractivity contribution is 0.0368. The molecule has 1 unspecified atom stereocenters. The van der Waals surface area contributed by atoms with Crippen LogP contribution in [0.15, 0.2) is 16.5 Å². The van der Waals surface area contributed by atoms with Gasteiger partial charge in [-0.05, 0) is 23.7 Å². The average Bonchev–Trinajstić information content (AvgIpc) is 2.64. The van der Waals surface area contributed by atoms with Gasteiger partial charge in [0.25, 0.3) is 5.91 Å². The predicted molar refractivity (Wildman–Crippen MR) is 58.6 cm³/mol. The van der Waals surface area contributed by atoms with Gasteiger partial charge in [0.15, 0.2) is 11.0 Å². The molecular formula is C10H14ClNO4. The maximum absolute atomic E-state index is 11.7. The number of aliphatic hydroxyl groups excluding tert-OH is 1. The number of carbonyl (C=O) groups is 1. The average molecular weight is 248 g/mol. The van der Waals surface area contributed by atoms with Crippen molar-refractivity contribution < 1.29 is 19.1 Å². The van der Waals surface area contributed by atoms with Gasteiger partial charge in [0, 0.05) is 20.7 Å². The minimum absolute atomic E-state index is 0.150. The molecule has 0 aliphatic rings. The van der Waals surface area contributed by atoms with E-state index in [0.717, 1.165) is 0 Å². The molecule has 16 heavy (non-hydrogen) atoms. The van der Waals surface area contributed by atoms with Crippen LogP contribution in [0.1, 0.15) is 10.6 Å². The van der Waals surface area contributed by atoms with Crippen molar-refractivity contribution in [2.24, 2.45) is 0 Å². The molecule has 0 saturated heterocycles. The highest BCUT2D eigenvalue weighted by Gasteiger charge is 2.18. The number of nitrogens with zero attached hydrogens (tertiary/aromatic N) is 1. The summed E-state index contributed by atoms with van der Waals surface area (Å²) in [6.07, 6.45) is -0.718. The third-order valence-corrected chi connectivity index (χ3v) is 2.18. The second kappa shape index (κ2) is 5.89. The molecule has 0 fully saturated rings. The zero-order valence-corrected chi connectivity index (χ0v) is 9.90. The lowest BCUT2D eigenvalue weighted by atomic mass is 10.3. The first-order valence-corrected chi connectivity index (χ1v) is 5.10. The fourth-order valence-corrected chi connectivity index (χ4v) is 1.41. The maximum Gasteiger partial charge on any atom is 0.289 e. The van der Waals surface area contributed by atoms with Gasteiger partial charge in [-0.1, -0.05) is 0 Å². The number of ether oxygens (including phenoxy) is 1. The molecular weight excluding hydrogens is 234 g/mol. The molecule has 90 valence electrons. The van der Waals surface area contributed by atoms with Crippen molar-refractivity contribution in [1.29, 1.82) is 0 Å². The summed E-state index contributed by atoms with van der Waals surface area (Å²) in [7, 11) is 3.05. The van der Waals surface area contributed by atoms with E-state index >= 15 is 0 Å². The van der Waals surface area contributed by atoms with Crippen molar-refractivity contribution in [3.05, 3.63) is 23.1 Å². The van der Waals surface area contributed by atoms with E-state index in [9.17, 15) is 9.90 Å². The molecule has 0 aromatic carbocycles. The number of amides is 1. The van der Waals surface area contributed by atoms with Gasteiger partial charge in [-0.3, -0.25) is 4.79 Å². The van der Waals surface area contributed by atoms with E-state index in [-0.39, 0.29) is 30.0 Å². The van der Waals surface area contributed by atoms with E-state index in [4.69, 9.17) is 20.8 Å². The summed E-state index contributed by atoms with van der Waals surface area (Å²) in [5.41, 5.74) is 0. The number of hydrogen-bond donors (Lipinski definition) is 1. The molecule has 1 aromatic rings. The number of likely N-dealkylation sites (N-methyl/N-ethyl adjacent to an activating group) is 1. The molecule has 1 aromatic heterocycles. The van der Waals surface area contributed by atoms with E-state index < -0.39 is 6.10 Å². The van der Waals surface area contributed by atoms with E-state index in [1.807, 2.05) is 0 Å². The molecule has 0 bridgehead atoms. The van der Waals surface area contributed by atoms with Crippen molar-refractivity contribution in [3.63, 3.8) is 0 Å². The monoisotopic (exact) mass is 247 g/mol. The summed E-state index contributed by atoms with van der Waals surface area (Å²) in [6.45, 7) is 0.349. The summed E-state index contributed by atoms with van der Waals surface area (Å²) in [5, 5.41) is 9.61. The highest BCUT2D eigenvalue weighted by Crippen LogP contribution is 2.14. The van der Waals surface area contributed by atoms with Crippen LogP contribution >= 0.6 is 11.6 Å². The van der Waals surface area contributed by atoms with Crippen molar-refractivity contribution in [1.82, 2.24) is 4.90 Å². The van der Waals surface area contributed by atoms with Crippen molar-refractivity contribution in [2.75, 3.05) is 27.3 Å². The highest BCUT2D eigenvalue weighted by molar-refractivity contribution is 6.29. The summed E-state index contributed by atoms with van der Waals surface area (Å²) in [6, 6.07) is 2.98. The SMILES string of the molecule is COCC(O)CN(C)C(=O)c1ccc(Cl)o1. The van der Waals surface area contributed by atoms with Crippen LogP contribution in [0, 0.1) is 0 Å². The van der Waals surface area contributed by atoms with Gasteiger partial charge >= 0.3 is 0 Å². The molecule has 0 saturated carbocycles. The fraction of sp³-hybridized carbons (Fsp3) is 0.500. The van der Waals surface area contributed by atoms with Crippen molar-refractivity contribution in [3.8, 4) is 0 Å². The van der Waals surface area contributed by atoms with Crippen LogP contribution in [0.25, 0.3) is 0 Å². The Balaban J connectivity index is 2.54. The second-order valence-electron chi connectivity index (χ2n) is 3.40. The molecule has 0 radical (unpaired) electrons. The molecule has 0 spiro atoms. The van der Waals surface area contributed by atoms with Crippen LogP contribution in [0.5, 0.6) is 0 Å². The third kappa shape index (κ3) is 3.52. The highest BCUT2D eigenvalue weighted by atomic mass is 35.5. The molecule has 1 heterocycles. The number of methoxy groups -OCH3 is 1. The molecule has 0 aliphatic heterocycles. The van der Waals surface area contributed by atoms with E-state index in [1.54, 1.807) is 7.05 Å². The summed E-state index contributed by atoms with van der Waals surface area (Å²) in [5.74, 6) is -0.181. The minimum atomic E-state index is -0.718. The standard InChI is InChI=1S/C10H14ClNO4/c1-12(5-7(13)6-15-2)10(14)8-3-4-9(11)16-8/h3-4,7,13H,5-6H2,1-2H3. The lowest BCUT2D eigenvalue weighted by Crippen LogP contribution is -2.36. The Morgan fingerprint density at radius 1 is 1.69 bits per heavy atom. The Bertz CT molecular complexity index is 352. The van der Waals surface area contributed by atoms with Crippen LogP contribution in [0.3, 0.4) is 0 Å². The Morgan fingerprint density at radius 2 is 2.38 bits per heavy atom. The number of aliphatic hydroxyl groups is 1. The molecule has 6 heteroatoms. The first-order chi connectivity index (χ1) is 7.54. The zero-order valence-electron chi connectivity index (χ0n) is 9.14. The molecule has 0 aliphatic carbocycles. The minimum Gasteiger partial charge on any atom is -0.440 e. The Kier molecular flexibility index (Phi) is 4.79. The van der Waals surface area contributed by atoms with Crippen LogP contribution in [0.4, 0.5) is 0 Å². The van der Waals surface area contributed by atoms with Crippen LogP contribution in [0.2, 0.25) is 5.22 Å². The Labute approximate surface area is 98.5 Å². The lowest BCUT2D eigenvalue weighted by Gasteiger charge is -2.19. The van der Waals surface area contributed by atoms with Crippen LogP contribution in [-0.4, -0.2) is 49.3 Å². The van der Waals surface area contributed by atoms with E-state index in [1.165, 1.54) is 24.1 Å². The molecule has 1 N–H and O–H groups in total. The van der Waals surface area contributed by atoms with Crippen molar-refractivity contribution in [2.45, 2.75) is 6.10 Å². The van der Waals surface area contributed by atoms with Gasteiger partial charge < -0.3 is 19.2 Å². The molecule has 1 rings (SSSR count). The smallest absolute Gasteiger partial charge is 0.289 e. The van der Waals surface area contributed by atoms with Gasteiger partial charge in [-0.2, -0.15) is 0 Å².